The van der Waals surface area contributed by atoms with Gasteiger partial charge in [0.2, 0.25) is 0 Å². The Hall–Kier alpha value is -2.60. The number of hydrogen-bond donors (Lipinski definition) is 0. The lowest BCUT2D eigenvalue weighted by molar-refractivity contribution is 0.409. The molecule has 0 spiro atoms. The SMILES string of the molecule is COc1cc(S(=O)(=O)Oc2cccc3ccc(C)nc23)c(C)cc1C. The summed E-state index contributed by atoms with van der Waals surface area (Å²) >= 11 is 0. The molecule has 0 bridgehead atoms. The van der Waals surface area contributed by atoms with E-state index in [1.54, 1.807) is 25.1 Å². The third-order valence-corrected chi connectivity index (χ3v) is 5.36. The Morgan fingerprint density at radius 3 is 2.40 bits per heavy atom. The van der Waals surface area contributed by atoms with Gasteiger partial charge in [0.25, 0.3) is 0 Å². The van der Waals surface area contributed by atoms with Crippen LogP contribution in [-0.4, -0.2) is 20.5 Å². The normalized spacial score (nSPS) is 11.5. The van der Waals surface area contributed by atoms with Crippen LogP contribution < -0.4 is 8.92 Å². The molecule has 130 valence electrons. The van der Waals surface area contributed by atoms with Gasteiger partial charge < -0.3 is 8.92 Å². The number of fused-ring (bicyclic) bond motifs is 1. The van der Waals surface area contributed by atoms with E-state index in [1.807, 2.05) is 32.0 Å². The highest BCUT2D eigenvalue weighted by atomic mass is 32.2. The second-order valence-electron chi connectivity index (χ2n) is 5.91. The molecule has 0 aliphatic rings. The lowest BCUT2D eigenvalue weighted by atomic mass is 10.1. The second-order valence-corrected chi connectivity index (χ2v) is 7.42. The van der Waals surface area contributed by atoms with E-state index in [2.05, 4.69) is 4.98 Å². The molecule has 3 aromatic rings. The quantitative estimate of drug-likeness (QED) is 0.662. The highest BCUT2D eigenvalue weighted by molar-refractivity contribution is 7.87. The zero-order valence-electron chi connectivity index (χ0n) is 14.5. The van der Waals surface area contributed by atoms with E-state index in [0.29, 0.717) is 16.8 Å². The van der Waals surface area contributed by atoms with Crippen molar-refractivity contribution in [2.75, 3.05) is 7.11 Å². The average molecular weight is 357 g/mol. The van der Waals surface area contributed by atoms with E-state index >= 15 is 0 Å². The van der Waals surface area contributed by atoms with Gasteiger partial charge in [-0.25, -0.2) is 4.98 Å². The van der Waals surface area contributed by atoms with Crippen LogP contribution in [0.1, 0.15) is 16.8 Å². The molecular weight excluding hydrogens is 338 g/mol. The van der Waals surface area contributed by atoms with Gasteiger partial charge in [0, 0.05) is 17.1 Å². The van der Waals surface area contributed by atoms with Crippen LogP contribution in [0.5, 0.6) is 11.5 Å². The van der Waals surface area contributed by atoms with Crippen molar-refractivity contribution in [1.29, 1.82) is 0 Å². The molecule has 0 saturated carbocycles. The van der Waals surface area contributed by atoms with E-state index in [4.69, 9.17) is 8.92 Å². The van der Waals surface area contributed by atoms with Gasteiger partial charge in [0.05, 0.1) is 7.11 Å². The summed E-state index contributed by atoms with van der Waals surface area (Å²) in [5, 5.41) is 0.816. The molecule has 0 aliphatic heterocycles. The first-order chi connectivity index (χ1) is 11.8. The molecule has 1 heterocycles. The van der Waals surface area contributed by atoms with Crippen LogP contribution in [0.4, 0.5) is 0 Å². The van der Waals surface area contributed by atoms with Crippen molar-refractivity contribution >= 4 is 21.0 Å². The van der Waals surface area contributed by atoms with Gasteiger partial charge in [0.1, 0.15) is 16.2 Å². The number of aromatic nitrogens is 1. The molecule has 0 atom stereocenters. The first kappa shape index (κ1) is 17.2. The molecule has 5 nitrogen and oxygen atoms in total. The summed E-state index contributed by atoms with van der Waals surface area (Å²) in [5.41, 5.74) is 2.76. The summed E-state index contributed by atoms with van der Waals surface area (Å²) in [6.45, 7) is 5.44. The molecular formula is C19H19NO4S. The molecule has 6 heteroatoms. The van der Waals surface area contributed by atoms with Gasteiger partial charge in [-0.05, 0) is 44.0 Å². The zero-order chi connectivity index (χ0) is 18.2. The minimum Gasteiger partial charge on any atom is -0.496 e. The number of pyridine rings is 1. The van der Waals surface area contributed by atoms with E-state index in [-0.39, 0.29) is 10.6 Å². The second kappa shape index (κ2) is 6.37. The first-order valence-electron chi connectivity index (χ1n) is 7.78. The van der Waals surface area contributed by atoms with Crippen molar-refractivity contribution in [2.45, 2.75) is 25.7 Å². The van der Waals surface area contributed by atoms with Crippen molar-refractivity contribution in [1.82, 2.24) is 4.98 Å². The van der Waals surface area contributed by atoms with Crippen molar-refractivity contribution in [3.05, 3.63) is 59.3 Å². The predicted molar refractivity (Wildman–Crippen MR) is 96.8 cm³/mol. The first-order valence-corrected chi connectivity index (χ1v) is 9.19. The number of aryl methyl sites for hydroxylation is 3. The van der Waals surface area contributed by atoms with Crippen LogP contribution in [0.3, 0.4) is 0 Å². The van der Waals surface area contributed by atoms with Gasteiger partial charge in [-0.2, -0.15) is 8.42 Å². The molecule has 0 unspecified atom stereocenters. The zero-order valence-corrected chi connectivity index (χ0v) is 15.3. The molecule has 0 N–H and O–H groups in total. The van der Waals surface area contributed by atoms with E-state index in [0.717, 1.165) is 16.6 Å². The number of hydrogen-bond acceptors (Lipinski definition) is 5. The molecule has 2 aromatic carbocycles. The van der Waals surface area contributed by atoms with Crippen LogP contribution in [0.2, 0.25) is 0 Å². The smallest absolute Gasteiger partial charge is 0.339 e. The Morgan fingerprint density at radius 2 is 1.68 bits per heavy atom. The Bertz CT molecular complexity index is 1060. The molecule has 0 fully saturated rings. The number of methoxy groups -OCH3 is 1. The predicted octanol–water partition coefficient (Wildman–Crippen LogP) is 3.94. The Morgan fingerprint density at radius 1 is 0.920 bits per heavy atom. The van der Waals surface area contributed by atoms with Gasteiger partial charge in [0.15, 0.2) is 5.75 Å². The van der Waals surface area contributed by atoms with Crippen molar-refractivity contribution < 1.29 is 17.3 Å². The number of benzene rings is 2. The third kappa shape index (κ3) is 3.30. The summed E-state index contributed by atoms with van der Waals surface area (Å²) in [6.07, 6.45) is 0. The number of ether oxygens (including phenoxy) is 1. The Kier molecular flexibility index (Phi) is 4.39. The summed E-state index contributed by atoms with van der Waals surface area (Å²) in [6, 6.07) is 12.2. The molecule has 1 aromatic heterocycles. The third-order valence-electron chi connectivity index (χ3n) is 3.98. The highest BCUT2D eigenvalue weighted by Crippen LogP contribution is 2.30. The monoisotopic (exact) mass is 357 g/mol. The molecule has 0 saturated heterocycles. The van der Waals surface area contributed by atoms with E-state index in [1.165, 1.54) is 13.2 Å². The summed E-state index contributed by atoms with van der Waals surface area (Å²) in [4.78, 5) is 4.49. The maximum absolute atomic E-state index is 12.8. The lowest BCUT2D eigenvalue weighted by Crippen LogP contribution is -2.12. The molecule has 0 aliphatic carbocycles. The molecule has 0 radical (unpaired) electrons. The van der Waals surface area contributed by atoms with E-state index < -0.39 is 10.1 Å². The van der Waals surface area contributed by atoms with Gasteiger partial charge in [-0.15, -0.1) is 0 Å². The van der Waals surface area contributed by atoms with E-state index in [9.17, 15) is 8.42 Å². The Labute approximate surface area is 147 Å². The lowest BCUT2D eigenvalue weighted by Gasteiger charge is -2.13. The number of para-hydroxylation sites is 1. The maximum Gasteiger partial charge on any atom is 0.339 e. The van der Waals surface area contributed by atoms with Gasteiger partial charge >= 0.3 is 10.1 Å². The molecule has 3 rings (SSSR count). The van der Waals surface area contributed by atoms with Crippen LogP contribution in [0.25, 0.3) is 10.9 Å². The van der Waals surface area contributed by atoms with Gasteiger partial charge in [-0.1, -0.05) is 24.3 Å². The fourth-order valence-electron chi connectivity index (χ4n) is 2.75. The Balaban J connectivity index is 2.10. The topological polar surface area (TPSA) is 65.5 Å². The van der Waals surface area contributed by atoms with Crippen LogP contribution in [-0.2, 0) is 10.1 Å². The van der Waals surface area contributed by atoms with Crippen molar-refractivity contribution in [3.63, 3.8) is 0 Å². The van der Waals surface area contributed by atoms with Crippen LogP contribution >= 0.6 is 0 Å². The molecule has 25 heavy (non-hydrogen) atoms. The fourth-order valence-corrected chi connectivity index (χ4v) is 3.92. The highest BCUT2D eigenvalue weighted by Gasteiger charge is 2.22. The fraction of sp³-hybridized carbons (Fsp3) is 0.211. The minimum atomic E-state index is -4.02. The summed E-state index contributed by atoms with van der Waals surface area (Å²) < 4.78 is 36.3. The maximum atomic E-state index is 12.8. The van der Waals surface area contributed by atoms with Crippen LogP contribution in [0.15, 0.2) is 47.4 Å². The average Bonchev–Trinajstić information content (AvgIpc) is 2.55. The van der Waals surface area contributed by atoms with Crippen molar-refractivity contribution in [3.8, 4) is 11.5 Å². The largest absolute Gasteiger partial charge is 0.496 e. The molecule has 0 amide bonds. The summed E-state index contributed by atoms with van der Waals surface area (Å²) in [7, 11) is -2.51. The minimum absolute atomic E-state index is 0.0830. The summed E-state index contributed by atoms with van der Waals surface area (Å²) in [5.74, 6) is 0.708. The number of nitrogens with zero attached hydrogens (tertiary/aromatic N) is 1. The van der Waals surface area contributed by atoms with Crippen molar-refractivity contribution in [2.24, 2.45) is 0 Å². The van der Waals surface area contributed by atoms with Crippen LogP contribution in [0, 0.1) is 20.8 Å². The number of rotatable bonds is 4. The standard InChI is InChI=1S/C19H19NO4S/c1-12-10-13(2)18(11-17(12)23-4)25(21,22)24-16-7-5-6-15-9-8-14(3)20-19(15)16/h5-11H,1-4H3. The van der Waals surface area contributed by atoms with Gasteiger partial charge in [-0.3, -0.25) is 0 Å².